The minimum absolute atomic E-state index is 0.0725. The van der Waals surface area contributed by atoms with Gasteiger partial charge in [-0.3, -0.25) is 0 Å². The van der Waals surface area contributed by atoms with E-state index in [0.29, 0.717) is 24.7 Å². The van der Waals surface area contributed by atoms with Crippen LogP contribution in [0.15, 0.2) is 48.5 Å². The maximum atomic E-state index is 14.9. The molecule has 1 fully saturated rings. The van der Waals surface area contributed by atoms with Crippen molar-refractivity contribution in [2.24, 2.45) is 5.92 Å². The monoisotopic (exact) mass is 490 g/mol. The van der Waals surface area contributed by atoms with Gasteiger partial charge in [-0.25, -0.2) is 22.0 Å². The number of hydrogen-bond acceptors (Lipinski definition) is 2. The van der Waals surface area contributed by atoms with E-state index in [1.54, 1.807) is 6.07 Å². The Kier molecular flexibility index (Phi) is 8.19. The molecule has 3 aromatic rings. The predicted molar refractivity (Wildman–Crippen MR) is 124 cm³/mol. The van der Waals surface area contributed by atoms with E-state index >= 15 is 0 Å². The summed E-state index contributed by atoms with van der Waals surface area (Å²) < 4.78 is 82.0. The van der Waals surface area contributed by atoms with Gasteiger partial charge in [-0.15, -0.1) is 0 Å². The molecule has 1 aliphatic heterocycles. The second kappa shape index (κ2) is 11.3. The Hall–Kier alpha value is -2.77. The molecule has 1 heterocycles. The smallest absolute Gasteiger partial charge is 0.183 e. The summed E-state index contributed by atoms with van der Waals surface area (Å²) in [5.74, 6) is -3.21. The highest BCUT2D eigenvalue weighted by molar-refractivity contribution is 5.72. The van der Waals surface area contributed by atoms with Gasteiger partial charge in [0.2, 0.25) is 0 Å². The average Bonchev–Trinajstić information content (AvgIpc) is 2.84. The first-order valence-electron chi connectivity index (χ1n) is 11.8. The molecule has 0 aromatic heterocycles. The average molecular weight is 491 g/mol. The van der Waals surface area contributed by atoms with Gasteiger partial charge in [0.25, 0.3) is 0 Å². The molecule has 0 aliphatic carbocycles. The molecule has 3 aromatic carbocycles. The topological polar surface area (TPSA) is 18.5 Å². The van der Waals surface area contributed by atoms with Gasteiger partial charge in [0.15, 0.2) is 6.29 Å². The van der Waals surface area contributed by atoms with E-state index in [0.717, 1.165) is 37.5 Å². The minimum Gasteiger partial charge on any atom is -0.348 e. The lowest BCUT2D eigenvalue weighted by Crippen LogP contribution is -2.27. The van der Waals surface area contributed by atoms with Crippen LogP contribution in [0.2, 0.25) is 0 Å². The van der Waals surface area contributed by atoms with Gasteiger partial charge in [-0.1, -0.05) is 50.5 Å². The summed E-state index contributed by atoms with van der Waals surface area (Å²) in [6.07, 6.45) is 3.84. The first-order chi connectivity index (χ1) is 16.9. The maximum absolute atomic E-state index is 14.9. The molecule has 186 valence electrons. The number of ether oxygens (including phenoxy) is 2. The van der Waals surface area contributed by atoms with Gasteiger partial charge in [-0.05, 0) is 41.8 Å². The Bertz CT molecular complexity index is 1150. The van der Waals surface area contributed by atoms with Gasteiger partial charge < -0.3 is 9.47 Å². The highest BCUT2D eigenvalue weighted by Gasteiger charge is 2.24. The Morgan fingerprint density at radius 1 is 0.743 bits per heavy atom. The van der Waals surface area contributed by atoms with E-state index in [1.807, 2.05) is 0 Å². The van der Waals surface area contributed by atoms with Gasteiger partial charge in [0, 0.05) is 22.6 Å². The van der Waals surface area contributed by atoms with Crippen molar-refractivity contribution in [2.75, 3.05) is 13.2 Å². The summed E-state index contributed by atoms with van der Waals surface area (Å²) in [6.45, 7) is 1.96. The van der Waals surface area contributed by atoms with Crippen LogP contribution >= 0.6 is 0 Å². The van der Waals surface area contributed by atoms with Crippen molar-refractivity contribution >= 4 is 0 Å². The summed E-state index contributed by atoms with van der Waals surface area (Å²) >= 11 is 0. The zero-order valence-electron chi connectivity index (χ0n) is 19.4. The molecular weight excluding hydrogens is 463 g/mol. The van der Waals surface area contributed by atoms with Crippen molar-refractivity contribution in [3.05, 3.63) is 82.9 Å². The second-order valence-electron chi connectivity index (χ2n) is 8.85. The fourth-order valence-electron chi connectivity index (χ4n) is 4.30. The Morgan fingerprint density at radius 3 is 1.94 bits per heavy atom. The lowest BCUT2D eigenvalue weighted by molar-refractivity contribution is -0.206. The molecule has 1 saturated heterocycles. The number of rotatable bonds is 8. The summed E-state index contributed by atoms with van der Waals surface area (Å²) in [4.78, 5) is 0. The molecule has 7 heteroatoms. The van der Waals surface area contributed by atoms with E-state index in [9.17, 15) is 22.0 Å². The van der Waals surface area contributed by atoms with Crippen molar-refractivity contribution in [1.29, 1.82) is 0 Å². The molecule has 1 aliphatic rings. The van der Waals surface area contributed by atoms with Gasteiger partial charge in [-0.2, -0.15) is 0 Å². The van der Waals surface area contributed by atoms with Crippen LogP contribution in [0.5, 0.6) is 0 Å². The van der Waals surface area contributed by atoms with Gasteiger partial charge in [0.05, 0.1) is 18.8 Å². The maximum Gasteiger partial charge on any atom is 0.183 e. The number of halogens is 5. The van der Waals surface area contributed by atoms with E-state index in [2.05, 4.69) is 6.92 Å². The van der Waals surface area contributed by atoms with Crippen molar-refractivity contribution in [3.8, 4) is 22.3 Å². The Balaban J connectivity index is 1.49. The van der Waals surface area contributed by atoms with Crippen LogP contribution in [0.4, 0.5) is 22.0 Å². The van der Waals surface area contributed by atoms with Crippen molar-refractivity contribution < 1.29 is 31.4 Å². The van der Waals surface area contributed by atoms with Crippen LogP contribution in [0.1, 0.15) is 50.0 Å². The molecule has 0 saturated carbocycles. The third kappa shape index (κ3) is 5.73. The number of benzene rings is 3. The number of alkyl halides is 1. The van der Waals surface area contributed by atoms with Crippen molar-refractivity contribution in [2.45, 2.75) is 45.6 Å². The highest BCUT2D eigenvalue weighted by Crippen LogP contribution is 2.34. The molecule has 0 N–H and O–H groups in total. The van der Waals surface area contributed by atoms with Crippen molar-refractivity contribution in [1.82, 2.24) is 0 Å². The SMILES string of the molecule is CCCCCC1COC(c2ccc(-c3ccc(-c4cc(F)c(CF)c(F)c4)c(F)c3)c(F)c2)OC1. The molecule has 0 radical (unpaired) electrons. The molecule has 2 nitrogen and oxygen atoms in total. The number of unbranched alkanes of at least 4 members (excludes halogenated alkanes) is 2. The molecule has 0 spiro atoms. The third-order valence-corrected chi connectivity index (χ3v) is 6.31. The normalized spacial score (nSPS) is 18.1. The highest BCUT2D eigenvalue weighted by atomic mass is 19.2. The van der Waals surface area contributed by atoms with E-state index in [-0.39, 0.29) is 22.3 Å². The number of hydrogen-bond donors (Lipinski definition) is 0. The van der Waals surface area contributed by atoms with Crippen molar-refractivity contribution in [3.63, 3.8) is 0 Å². The summed E-state index contributed by atoms with van der Waals surface area (Å²) in [5, 5.41) is 0. The minimum atomic E-state index is -1.30. The molecule has 0 bridgehead atoms. The van der Waals surface area contributed by atoms with E-state index in [4.69, 9.17) is 9.47 Å². The zero-order valence-corrected chi connectivity index (χ0v) is 19.4. The lowest BCUT2D eigenvalue weighted by Gasteiger charge is -2.29. The van der Waals surface area contributed by atoms with E-state index in [1.165, 1.54) is 30.7 Å². The molecule has 35 heavy (non-hydrogen) atoms. The van der Waals surface area contributed by atoms with Crippen LogP contribution < -0.4 is 0 Å². The van der Waals surface area contributed by atoms with Gasteiger partial charge >= 0.3 is 0 Å². The molecule has 4 rings (SSSR count). The summed E-state index contributed by atoms with van der Waals surface area (Å²) in [5.41, 5.74) is 0.110. The van der Waals surface area contributed by atoms with Crippen LogP contribution in [-0.2, 0) is 16.1 Å². The van der Waals surface area contributed by atoms with Gasteiger partial charge in [0.1, 0.15) is 29.9 Å². The first kappa shape index (κ1) is 25.3. The predicted octanol–water partition coefficient (Wildman–Crippen LogP) is 8.29. The largest absolute Gasteiger partial charge is 0.348 e. The molecular formula is C28H27F5O2. The second-order valence-corrected chi connectivity index (χ2v) is 8.85. The lowest BCUT2D eigenvalue weighted by atomic mass is 9.97. The zero-order chi connectivity index (χ0) is 24.9. The third-order valence-electron chi connectivity index (χ3n) is 6.31. The molecule has 0 atom stereocenters. The Labute approximate surface area is 201 Å². The van der Waals surface area contributed by atoms with E-state index < -0.39 is 41.8 Å². The fourth-order valence-corrected chi connectivity index (χ4v) is 4.30. The summed E-state index contributed by atoms with van der Waals surface area (Å²) in [7, 11) is 0. The van der Waals surface area contributed by atoms with Crippen LogP contribution in [0, 0.1) is 29.2 Å². The molecule has 0 amide bonds. The molecule has 0 unspecified atom stereocenters. The fraction of sp³-hybridized carbons (Fsp3) is 0.357. The standard InChI is InChI=1S/C28H27F5O2/c1-2-3-4-5-17-15-34-28(35-16-17)19-7-9-21(25(31)11-19)18-6-8-22(24(30)10-18)20-12-26(32)23(14-29)27(33)13-20/h6-13,17,28H,2-5,14-16H2,1H3. The Morgan fingerprint density at radius 2 is 1.34 bits per heavy atom. The van der Waals surface area contributed by atoms with Crippen LogP contribution in [-0.4, -0.2) is 13.2 Å². The van der Waals surface area contributed by atoms with Crippen LogP contribution in [0.25, 0.3) is 22.3 Å². The summed E-state index contributed by atoms with van der Waals surface area (Å²) in [6, 6.07) is 10.1. The van der Waals surface area contributed by atoms with Crippen LogP contribution in [0.3, 0.4) is 0 Å². The quantitative estimate of drug-likeness (QED) is 0.234. The first-order valence-corrected chi connectivity index (χ1v) is 11.8.